The zero-order valence-electron chi connectivity index (χ0n) is 8.73. The van der Waals surface area contributed by atoms with Crippen LogP contribution in [0.1, 0.15) is 23.6 Å². The van der Waals surface area contributed by atoms with Crippen LogP contribution in [-0.4, -0.2) is 59.9 Å². The van der Waals surface area contributed by atoms with E-state index in [9.17, 15) is 9.59 Å². The van der Waals surface area contributed by atoms with Crippen molar-refractivity contribution in [2.45, 2.75) is 0 Å². The molecule has 1 aromatic rings. The van der Waals surface area contributed by atoms with Crippen LogP contribution in [0.4, 0.5) is 0 Å². The molecule has 0 unspecified atom stereocenters. The molecule has 0 aliphatic heterocycles. The molecule has 13 heavy (non-hydrogen) atoms. The average molecular weight is 208 g/mol. The van der Waals surface area contributed by atoms with E-state index in [1.807, 2.05) is 0 Å². The van der Waals surface area contributed by atoms with Gasteiger partial charge in [0.15, 0.2) is 0 Å². The maximum absolute atomic E-state index is 10.5. The van der Waals surface area contributed by atoms with Crippen LogP contribution < -0.4 is 0 Å². The van der Waals surface area contributed by atoms with Crippen molar-refractivity contribution < 1.29 is 22.7 Å². The Morgan fingerprint density at radius 2 is 1.31 bits per heavy atom. The zero-order valence-corrected chi connectivity index (χ0v) is 8.94. The van der Waals surface area contributed by atoms with Crippen molar-refractivity contribution in [2.24, 2.45) is 0 Å². The van der Waals surface area contributed by atoms with Crippen LogP contribution >= 0.6 is 0 Å². The molecule has 1 rings (SSSR count). The minimum absolute atomic E-state index is 0. The second kappa shape index (κ2) is 5.21. The molecule has 5 heteroatoms. The second-order valence-electron chi connectivity index (χ2n) is 2.16. The van der Waals surface area contributed by atoms with Gasteiger partial charge in [0.2, 0.25) is 0 Å². The summed E-state index contributed by atoms with van der Waals surface area (Å²) >= 11 is 0. The second-order valence-corrected chi connectivity index (χ2v) is 2.16. The molecule has 0 spiro atoms. The number of aromatic carboxylic acids is 2. The molecule has 0 amide bonds. The van der Waals surface area contributed by atoms with Gasteiger partial charge in [0.25, 0.3) is 0 Å². The number of carboxylic acids is 2. The number of hydrogen-bond donors (Lipinski definition) is 2. The molecular formula is C8H8CaO4. The van der Waals surface area contributed by atoms with Crippen molar-refractivity contribution in [3.63, 3.8) is 0 Å². The molecule has 0 saturated heterocycles. The molecule has 0 saturated carbocycles. The van der Waals surface area contributed by atoms with Crippen LogP contribution in [0.15, 0.2) is 24.3 Å². The third-order valence-electron chi connectivity index (χ3n) is 1.39. The van der Waals surface area contributed by atoms with Crippen molar-refractivity contribution in [1.29, 1.82) is 0 Å². The Labute approximate surface area is 107 Å². The molecule has 4 nitrogen and oxygen atoms in total. The molecule has 0 heterocycles. The molecule has 0 aliphatic carbocycles. The van der Waals surface area contributed by atoms with Crippen LogP contribution in [0.5, 0.6) is 0 Å². The fourth-order valence-corrected chi connectivity index (χ4v) is 0.856. The molecular weight excluding hydrogens is 200 g/mol. The quantitative estimate of drug-likeness (QED) is 0.709. The first-order valence-electron chi connectivity index (χ1n) is 3.18. The fraction of sp³-hybridized carbons (Fsp3) is 0. The van der Waals surface area contributed by atoms with Crippen molar-refractivity contribution in [3.05, 3.63) is 35.4 Å². The van der Waals surface area contributed by atoms with Crippen molar-refractivity contribution in [1.82, 2.24) is 0 Å². The summed E-state index contributed by atoms with van der Waals surface area (Å²) in [7, 11) is 0. The Morgan fingerprint density at radius 3 is 1.54 bits per heavy atom. The molecule has 0 fully saturated rings. The smallest absolute Gasteiger partial charge is 1.00 e. The van der Waals surface area contributed by atoms with Gasteiger partial charge in [0.05, 0.1) is 11.1 Å². The normalized spacial score (nSPS) is 8.62. The van der Waals surface area contributed by atoms with E-state index < -0.39 is 11.9 Å². The molecule has 0 atom stereocenters. The topological polar surface area (TPSA) is 74.6 Å². The molecule has 0 aliphatic rings. The summed E-state index contributed by atoms with van der Waals surface area (Å²) < 4.78 is 0. The standard InChI is InChI=1S/C8H6O4.Ca.2H/c9-7(10)5-3-1-2-4-6(5)8(11)12;;;/h1-4H,(H,9,10)(H,11,12);;;/q;+2;2*-1. The van der Waals surface area contributed by atoms with Gasteiger partial charge in [-0.2, -0.15) is 0 Å². The van der Waals surface area contributed by atoms with Crippen LogP contribution in [0.3, 0.4) is 0 Å². The molecule has 0 aromatic heterocycles. The number of rotatable bonds is 2. The SMILES string of the molecule is O=C(O)c1ccccc1C(=O)O.[Ca+2].[H-].[H-]. The van der Waals surface area contributed by atoms with Gasteiger partial charge in [-0.05, 0) is 12.1 Å². The van der Waals surface area contributed by atoms with Crippen molar-refractivity contribution >= 4 is 49.7 Å². The number of benzene rings is 1. The molecule has 66 valence electrons. The number of carboxylic acid groups (broad SMARTS) is 2. The Kier molecular flexibility index (Phi) is 4.98. The summed E-state index contributed by atoms with van der Waals surface area (Å²) in [6.45, 7) is 0. The maximum Gasteiger partial charge on any atom is 2.00 e. The number of carbonyl (C=O) groups is 2. The first-order valence-corrected chi connectivity index (χ1v) is 3.18. The summed E-state index contributed by atoms with van der Waals surface area (Å²) in [6, 6.07) is 5.48. The summed E-state index contributed by atoms with van der Waals surface area (Å²) in [6.07, 6.45) is 0. The van der Waals surface area contributed by atoms with Crippen molar-refractivity contribution in [2.75, 3.05) is 0 Å². The minimum atomic E-state index is -1.23. The van der Waals surface area contributed by atoms with E-state index in [2.05, 4.69) is 0 Å². The zero-order chi connectivity index (χ0) is 9.14. The molecule has 0 radical (unpaired) electrons. The molecule has 2 N–H and O–H groups in total. The van der Waals surface area contributed by atoms with Gasteiger partial charge in [-0.1, -0.05) is 12.1 Å². The van der Waals surface area contributed by atoms with Crippen LogP contribution in [0.2, 0.25) is 0 Å². The van der Waals surface area contributed by atoms with Crippen LogP contribution in [0.25, 0.3) is 0 Å². The van der Waals surface area contributed by atoms with E-state index >= 15 is 0 Å². The van der Waals surface area contributed by atoms with Crippen molar-refractivity contribution in [3.8, 4) is 0 Å². The summed E-state index contributed by atoms with van der Waals surface area (Å²) in [4.78, 5) is 20.9. The predicted molar refractivity (Wildman–Crippen MR) is 48.3 cm³/mol. The van der Waals surface area contributed by atoms with Gasteiger partial charge in [-0.3, -0.25) is 0 Å². The third-order valence-corrected chi connectivity index (χ3v) is 1.39. The van der Waals surface area contributed by atoms with E-state index in [1.54, 1.807) is 0 Å². The van der Waals surface area contributed by atoms with E-state index in [4.69, 9.17) is 10.2 Å². The van der Waals surface area contributed by atoms with Crippen LogP contribution in [0, 0.1) is 0 Å². The summed E-state index contributed by atoms with van der Waals surface area (Å²) in [5.74, 6) is -2.46. The molecule has 1 aromatic carbocycles. The summed E-state index contributed by atoms with van der Waals surface area (Å²) in [5.41, 5.74) is -0.380. The Balaban J connectivity index is -0.000000480. The van der Waals surface area contributed by atoms with Gasteiger partial charge < -0.3 is 13.1 Å². The predicted octanol–water partition coefficient (Wildman–Crippen LogP) is 0.927. The van der Waals surface area contributed by atoms with Crippen LogP contribution in [-0.2, 0) is 0 Å². The average Bonchev–Trinajstić information content (AvgIpc) is 2.04. The van der Waals surface area contributed by atoms with E-state index in [1.165, 1.54) is 24.3 Å². The van der Waals surface area contributed by atoms with Gasteiger partial charge in [-0.25, -0.2) is 9.59 Å². The summed E-state index contributed by atoms with van der Waals surface area (Å²) in [5, 5.41) is 17.1. The van der Waals surface area contributed by atoms with Gasteiger partial charge >= 0.3 is 49.7 Å². The first kappa shape index (κ1) is 12.4. The van der Waals surface area contributed by atoms with Gasteiger partial charge in [0.1, 0.15) is 0 Å². The van der Waals surface area contributed by atoms with Gasteiger partial charge in [-0.15, -0.1) is 0 Å². The Morgan fingerprint density at radius 1 is 1.00 bits per heavy atom. The van der Waals surface area contributed by atoms with E-state index in [0.717, 1.165) is 0 Å². The third kappa shape index (κ3) is 2.99. The largest absolute Gasteiger partial charge is 2.00 e. The Bertz CT molecular complexity index is 310. The maximum atomic E-state index is 10.5. The Hall–Kier alpha value is -0.580. The monoisotopic (exact) mass is 208 g/mol. The number of hydrogen-bond acceptors (Lipinski definition) is 2. The first-order chi connectivity index (χ1) is 5.63. The molecule has 0 bridgehead atoms. The van der Waals surface area contributed by atoms with E-state index in [-0.39, 0.29) is 51.7 Å². The van der Waals surface area contributed by atoms with E-state index in [0.29, 0.717) is 0 Å². The fourth-order valence-electron chi connectivity index (χ4n) is 0.856. The van der Waals surface area contributed by atoms with Gasteiger partial charge in [0, 0.05) is 0 Å². The minimum Gasteiger partial charge on any atom is -1.00 e.